The van der Waals surface area contributed by atoms with Crippen LogP contribution in [0.2, 0.25) is 5.02 Å². The molecule has 0 atom stereocenters. The van der Waals surface area contributed by atoms with Crippen LogP contribution >= 0.6 is 11.6 Å². The number of piperidine rings is 1. The van der Waals surface area contributed by atoms with Crippen LogP contribution in [0.25, 0.3) is 5.69 Å². The summed E-state index contributed by atoms with van der Waals surface area (Å²) in [6, 6.07) is 17.9. The lowest BCUT2D eigenvalue weighted by molar-refractivity contribution is 0.0678. The second-order valence-electron chi connectivity index (χ2n) is 7.30. The molecule has 1 saturated heterocycles. The molecule has 2 heterocycles. The Balaban J connectivity index is 1.40. The zero-order valence-corrected chi connectivity index (χ0v) is 16.6. The number of aromatic nitrogens is 3. The van der Waals surface area contributed by atoms with E-state index in [0.29, 0.717) is 16.8 Å². The van der Waals surface area contributed by atoms with Crippen molar-refractivity contribution in [3.8, 4) is 5.69 Å². The molecule has 1 amide bonds. The van der Waals surface area contributed by atoms with E-state index in [9.17, 15) is 4.79 Å². The van der Waals surface area contributed by atoms with E-state index >= 15 is 0 Å². The molecule has 5 nitrogen and oxygen atoms in total. The van der Waals surface area contributed by atoms with E-state index in [1.54, 1.807) is 16.8 Å². The number of hydrogen-bond donors (Lipinski definition) is 0. The third-order valence-corrected chi connectivity index (χ3v) is 5.55. The molecule has 1 aliphatic rings. The largest absolute Gasteiger partial charge is 0.336 e. The summed E-state index contributed by atoms with van der Waals surface area (Å²) >= 11 is 5.95. The molecule has 0 saturated carbocycles. The highest BCUT2D eigenvalue weighted by Crippen LogP contribution is 2.23. The molecular weight excluding hydrogens is 372 g/mol. The van der Waals surface area contributed by atoms with Gasteiger partial charge in [-0.1, -0.05) is 41.9 Å². The Kier molecular flexibility index (Phi) is 5.44. The Hall–Kier alpha value is -2.66. The number of rotatable bonds is 4. The van der Waals surface area contributed by atoms with E-state index < -0.39 is 0 Å². The zero-order valence-electron chi connectivity index (χ0n) is 15.9. The fraction of sp³-hybridized carbons (Fsp3) is 0.318. The molecule has 28 heavy (non-hydrogen) atoms. The van der Waals surface area contributed by atoms with Gasteiger partial charge in [0.15, 0.2) is 0 Å². The fourth-order valence-corrected chi connectivity index (χ4v) is 3.86. The van der Waals surface area contributed by atoms with Gasteiger partial charge in [0.1, 0.15) is 5.82 Å². The van der Waals surface area contributed by atoms with E-state index in [2.05, 4.69) is 34.3 Å². The van der Waals surface area contributed by atoms with Crippen LogP contribution in [0.1, 0.15) is 34.8 Å². The second-order valence-corrected chi connectivity index (χ2v) is 7.73. The van der Waals surface area contributed by atoms with Crippen LogP contribution in [-0.2, 0) is 6.42 Å². The van der Waals surface area contributed by atoms with Gasteiger partial charge in [-0.25, -0.2) is 9.67 Å². The molecule has 0 aliphatic carbocycles. The van der Waals surface area contributed by atoms with Gasteiger partial charge in [-0.15, -0.1) is 5.10 Å². The number of likely N-dealkylation sites (tertiary alicyclic amines) is 1. The van der Waals surface area contributed by atoms with E-state index in [1.807, 2.05) is 30.0 Å². The van der Waals surface area contributed by atoms with E-state index in [-0.39, 0.29) is 11.7 Å². The van der Waals surface area contributed by atoms with Gasteiger partial charge in [0.05, 0.1) is 5.69 Å². The van der Waals surface area contributed by atoms with Gasteiger partial charge in [0, 0.05) is 18.1 Å². The molecule has 6 heteroatoms. The second kappa shape index (κ2) is 8.15. The minimum absolute atomic E-state index is 0.0889. The summed E-state index contributed by atoms with van der Waals surface area (Å²) in [4.78, 5) is 19.2. The summed E-state index contributed by atoms with van der Waals surface area (Å²) in [5.74, 6) is 1.47. The number of carbonyl (C=O) groups excluding carboxylic acids is 1. The summed E-state index contributed by atoms with van der Waals surface area (Å²) in [6.07, 6.45) is 3.10. The Morgan fingerprint density at radius 3 is 2.43 bits per heavy atom. The average molecular weight is 395 g/mol. The number of nitrogens with zero attached hydrogens (tertiary/aromatic N) is 4. The molecule has 1 aromatic heterocycles. The minimum Gasteiger partial charge on any atom is -0.336 e. The van der Waals surface area contributed by atoms with Gasteiger partial charge in [0.25, 0.3) is 5.91 Å². The number of benzene rings is 2. The minimum atomic E-state index is -0.0889. The lowest BCUT2D eigenvalue weighted by Crippen LogP contribution is -2.39. The Morgan fingerprint density at radius 2 is 1.75 bits per heavy atom. The summed E-state index contributed by atoms with van der Waals surface area (Å²) in [5, 5.41) is 5.11. The highest BCUT2D eigenvalue weighted by Gasteiger charge is 2.26. The van der Waals surface area contributed by atoms with Crippen molar-refractivity contribution < 1.29 is 4.79 Å². The Bertz CT molecular complexity index is 944. The van der Waals surface area contributed by atoms with Gasteiger partial charge in [0.2, 0.25) is 5.82 Å². The first-order valence-electron chi connectivity index (χ1n) is 9.63. The normalized spacial score (nSPS) is 15.0. The predicted octanol–water partition coefficient (Wildman–Crippen LogP) is 4.32. The van der Waals surface area contributed by atoms with Crippen LogP contribution in [0.4, 0.5) is 0 Å². The molecule has 1 aliphatic heterocycles. The standard InChI is InChI=1S/C22H23ClN4O/c1-16-24-21(25-27(16)20-9-7-19(23)8-10-20)22(28)26-13-11-18(12-14-26)15-17-5-3-2-4-6-17/h2-10,18H,11-15H2,1H3. The van der Waals surface area contributed by atoms with Crippen molar-refractivity contribution in [3.63, 3.8) is 0 Å². The van der Waals surface area contributed by atoms with E-state index in [0.717, 1.165) is 38.0 Å². The van der Waals surface area contributed by atoms with Gasteiger partial charge in [-0.3, -0.25) is 4.79 Å². The molecule has 0 radical (unpaired) electrons. The van der Waals surface area contributed by atoms with E-state index in [4.69, 9.17) is 11.6 Å². The van der Waals surface area contributed by atoms with Crippen molar-refractivity contribution in [2.24, 2.45) is 5.92 Å². The number of amides is 1. The first-order chi connectivity index (χ1) is 13.6. The van der Waals surface area contributed by atoms with Gasteiger partial charge in [-0.2, -0.15) is 0 Å². The highest BCUT2D eigenvalue weighted by atomic mass is 35.5. The SMILES string of the molecule is Cc1nc(C(=O)N2CCC(Cc3ccccc3)CC2)nn1-c1ccc(Cl)cc1. The molecule has 2 aromatic carbocycles. The molecule has 3 aromatic rings. The maximum absolute atomic E-state index is 12.9. The maximum atomic E-state index is 12.9. The molecule has 4 rings (SSSR count). The molecule has 144 valence electrons. The van der Waals surface area contributed by atoms with Crippen LogP contribution in [-0.4, -0.2) is 38.7 Å². The predicted molar refractivity (Wildman–Crippen MR) is 110 cm³/mol. The van der Waals surface area contributed by atoms with E-state index in [1.165, 1.54) is 5.56 Å². The summed E-state index contributed by atoms with van der Waals surface area (Å²) in [5.41, 5.74) is 2.21. The van der Waals surface area contributed by atoms with Crippen LogP contribution in [0.15, 0.2) is 54.6 Å². The first-order valence-corrected chi connectivity index (χ1v) is 10.0. The van der Waals surface area contributed by atoms with Crippen molar-refractivity contribution in [3.05, 3.63) is 76.8 Å². The van der Waals surface area contributed by atoms with Gasteiger partial charge >= 0.3 is 0 Å². The quantitative estimate of drug-likeness (QED) is 0.662. The topological polar surface area (TPSA) is 51.0 Å². The van der Waals surface area contributed by atoms with Crippen LogP contribution in [0.5, 0.6) is 0 Å². The molecule has 0 bridgehead atoms. The molecule has 0 spiro atoms. The van der Waals surface area contributed by atoms with Crippen molar-refractivity contribution in [2.45, 2.75) is 26.2 Å². The lowest BCUT2D eigenvalue weighted by atomic mass is 9.90. The van der Waals surface area contributed by atoms with Crippen molar-refractivity contribution in [1.29, 1.82) is 0 Å². The summed E-state index contributed by atoms with van der Waals surface area (Å²) in [7, 11) is 0. The first kappa shape index (κ1) is 18.7. The van der Waals surface area contributed by atoms with Crippen LogP contribution in [0, 0.1) is 12.8 Å². The van der Waals surface area contributed by atoms with Crippen molar-refractivity contribution in [2.75, 3.05) is 13.1 Å². The molecular formula is C22H23ClN4O. The fourth-order valence-electron chi connectivity index (χ4n) is 3.74. The van der Waals surface area contributed by atoms with Gasteiger partial charge < -0.3 is 4.90 Å². The molecule has 0 unspecified atom stereocenters. The number of aryl methyl sites for hydroxylation is 1. The van der Waals surface area contributed by atoms with Crippen molar-refractivity contribution in [1.82, 2.24) is 19.7 Å². The summed E-state index contributed by atoms with van der Waals surface area (Å²) in [6.45, 7) is 3.36. The maximum Gasteiger partial charge on any atom is 0.293 e. The molecule has 0 N–H and O–H groups in total. The van der Waals surface area contributed by atoms with Gasteiger partial charge in [-0.05, 0) is 61.9 Å². The Labute approximate surface area is 170 Å². The van der Waals surface area contributed by atoms with Crippen LogP contribution < -0.4 is 0 Å². The average Bonchev–Trinajstić information content (AvgIpc) is 3.11. The third kappa shape index (κ3) is 4.09. The monoisotopic (exact) mass is 394 g/mol. The van der Waals surface area contributed by atoms with Crippen LogP contribution in [0.3, 0.4) is 0 Å². The highest BCUT2D eigenvalue weighted by molar-refractivity contribution is 6.30. The molecule has 1 fully saturated rings. The third-order valence-electron chi connectivity index (χ3n) is 5.30. The number of hydrogen-bond acceptors (Lipinski definition) is 3. The Morgan fingerprint density at radius 1 is 1.07 bits per heavy atom. The number of carbonyl (C=O) groups is 1. The smallest absolute Gasteiger partial charge is 0.293 e. The lowest BCUT2D eigenvalue weighted by Gasteiger charge is -2.31. The summed E-state index contributed by atoms with van der Waals surface area (Å²) < 4.78 is 1.69. The van der Waals surface area contributed by atoms with Crippen molar-refractivity contribution >= 4 is 17.5 Å². The zero-order chi connectivity index (χ0) is 19.5. The number of halogens is 1.